The normalized spacial score (nSPS) is 14.9. The second-order valence-corrected chi connectivity index (χ2v) is 8.76. The maximum absolute atomic E-state index is 3.38. The largest absolute Gasteiger partial charge is 0.340 e. The summed E-state index contributed by atoms with van der Waals surface area (Å²) in [5.74, 6) is 6.75. The maximum atomic E-state index is 3.38. The van der Waals surface area contributed by atoms with Gasteiger partial charge in [0.2, 0.25) is 0 Å². The van der Waals surface area contributed by atoms with Gasteiger partial charge in [-0.2, -0.15) is 0 Å². The Morgan fingerprint density at radius 1 is 0.857 bits per heavy atom. The Balaban J connectivity index is 1.80. The van der Waals surface area contributed by atoms with Gasteiger partial charge < -0.3 is 9.80 Å². The molecule has 28 heavy (non-hydrogen) atoms. The highest BCUT2D eigenvalue weighted by molar-refractivity contribution is 5.87. The molecule has 3 aromatic rings. The number of nitrogens with zero attached hydrogens (tertiary/aromatic N) is 2. The van der Waals surface area contributed by atoms with Gasteiger partial charge in [-0.1, -0.05) is 48.2 Å². The van der Waals surface area contributed by atoms with Crippen molar-refractivity contribution in [3.63, 3.8) is 0 Å². The summed E-state index contributed by atoms with van der Waals surface area (Å²) in [4.78, 5) is 4.84. The van der Waals surface area contributed by atoms with Gasteiger partial charge >= 0.3 is 0 Å². The van der Waals surface area contributed by atoms with E-state index in [2.05, 4.69) is 110 Å². The molecule has 0 amide bonds. The summed E-state index contributed by atoms with van der Waals surface area (Å²) in [5.41, 5.74) is 4.97. The van der Waals surface area contributed by atoms with Crippen molar-refractivity contribution in [3.8, 4) is 11.8 Å². The first kappa shape index (κ1) is 18.6. The maximum Gasteiger partial charge on any atom is 0.0469 e. The molecule has 1 aliphatic heterocycles. The predicted octanol–water partition coefficient (Wildman–Crippen LogP) is 5.82. The Morgan fingerprint density at radius 3 is 2.43 bits per heavy atom. The summed E-state index contributed by atoms with van der Waals surface area (Å²) in [6.45, 7) is 9.42. The third-order valence-electron chi connectivity index (χ3n) is 5.15. The van der Waals surface area contributed by atoms with E-state index >= 15 is 0 Å². The zero-order chi connectivity index (χ0) is 19.7. The van der Waals surface area contributed by atoms with E-state index in [4.69, 9.17) is 0 Å². The van der Waals surface area contributed by atoms with Crippen LogP contribution in [0.4, 0.5) is 11.4 Å². The van der Waals surface area contributed by atoms with Gasteiger partial charge in [0.05, 0.1) is 0 Å². The number of fused-ring (bicyclic) bond motifs is 2. The fraction of sp³-hybridized carbons (Fsp3) is 0.308. The van der Waals surface area contributed by atoms with Gasteiger partial charge in [-0.3, -0.25) is 0 Å². The Hall–Kier alpha value is -2.76. The van der Waals surface area contributed by atoms with Crippen molar-refractivity contribution in [2.75, 3.05) is 25.0 Å². The number of likely N-dealkylation sites (N-methyl/N-ethyl adjacent to an activating group) is 1. The van der Waals surface area contributed by atoms with Gasteiger partial charge in [-0.05, 0) is 68.4 Å². The molecule has 3 aromatic carbocycles. The second kappa shape index (κ2) is 7.34. The Labute approximate surface area is 168 Å². The van der Waals surface area contributed by atoms with Crippen LogP contribution in [-0.2, 0) is 6.54 Å². The topological polar surface area (TPSA) is 6.48 Å². The summed E-state index contributed by atoms with van der Waals surface area (Å²) in [7, 11) is 2.20. The van der Waals surface area contributed by atoms with Crippen molar-refractivity contribution < 1.29 is 0 Å². The third-order valence-corrected chi connectivity index (χ3v) is 5.15. The average Bonchev–Trinajstić information content (AvgIpc) is 2.83. The van der Waals surface area contributed by atoms with Gasteiger partial charge in [0.25, 0.3) is 0 Å². The van der Waals surface area contributed by atoms with E-state index in [1.54, 1.807) is 0 Å². The van der Waals surface area contributed by atoms with Crippen molar-refractivity contribution >= 4 is 22.1 Å². The summed E-state index contributed by atoms with van der Waals surface area (Å²) in [6.07, 6.45) is 0. The van der Waals surface area contributed by atoms with Crippen LogP contribution in [0.1, 0.15) is 31.9 Å². The summed E-state index contributed by atoms with van der Waals surface area (Å²) < 4.78 is 0. The molecule has 0 atom stereocenters. The highest BCUT2D eigenvalue weighted by Crippen LogP contribution is 2.34. The van der Waals surface area contributed by atoms with E-state index in [0.29, 0.717) is 0 Å². The summed E-state index contributed by atoms with van der Waals surface area (Å²) in [6, 6.07) is 22.0. The van der Waals surface area contributed by atoms with Crippen LogP contribution in [0.5, 0.6) is 0 Å². The molecule has 1 heterocycles. The first-order valence-corrected chi connectivity index (χ1v) is 10.0. The molecule has 0 bridgehead atoms. The van der Waals surface area contributed by atoms with Crippen molar-refractivity contribution in [2.45, 2.75) is 27.3 Å². The van der Waals surface area contributed by atoms with Gasteiger partial charge in [-0.15, -0.1) is 0 Å². The molecular weight excluding hydrogens is 340 g/mol. The van der Waals surface area contributed by atoms with E-state index < -0.39 is 0 Å². The molecule has 2 heteroatoms. The van der Waals surface area contributed by atoms with Crippen LogP contribution in [0.3, 0.4) is 0 Å². The van der Waals surface area contributed by atoms with E-state index in [-0.39, 0.29) is 5.41 Å². The van der Waals surface area contributed by atoms with Crippen LogP contribution in [0.2, 0.25) is 0 Å². The van der Waals surface area contributed by atoms with Gasteiger partial charge in [0.1, 0.15) is 0 Å². The van der Waals surface area contributed by atoms with E-state index in [1.165, 1.54) is 27.7 Å². The molecule has 0 saturated heterocycles. The summed E-state index contributed by atoms with van der Waals surface area (Å²) in [5, 5.41) is 2.56. The fourth-order valence-corrected chi connectivity index (χ4v) is 3.66. The smallest absolute Gasteiger partial charge is 0.0469 e. The lowest BCUT2D eigenvalue weighted by atomic mass is 9.97. The average molecular weight is 369 g/mol. The molecule has 0 aliphatic carbocycles. The monoisotopic (exact) mass is 368 g/mol. The Bertz CT molecular complexity index is 1060. The zero-order valence-electron chi connectivity index (χ0n) is 17.3. The highest BCUT2D eigenvalue weighted by Gasteiger charge is 2.20. The third kappa shape index (κ3) is 4.06. The van der Waals surface area contributed by atoms with Crippen molar-refractivity contribution in [1.82, 2.24) is 4.90 Å². The highest BCUT2D eigenvalue weighted by atomic mass is 15.2. The first-order valence-electron chi connectivity index (χ1n) is 10.0. The van der Waals surface area contributed by atoms with Crippen molar-refractivity contribution in [3.05, 3.63) is 71.8 Å². The minimum Gasteiger partial charge on any atom is -0.340 e. The number of hydrogen-bond donors (Lipinski definition) is 0. The molecule has 142 valence electrons. The Kier molecular flexibility index (Phi) is 4.87. The van der Waals surface area contributed by atoms with Crippen LogP contribution in [0, 0.1) is 17.3 Å². The van der Waals surface area contributed by atoms with E-state index in [1.807, 2.05) is 0 Å². The molecule has 4 rings (SSSR count). The lowest BCUT2D eigenvalue weighted by Crippen LogP contribution is -2.26. The molecule has 0 radical (unpaired) electrons. The number of rotatable bonds is 1. The van der Waals surface area contributed by atoms with Crippen LogP contribution < -0.4 is 4.90 Å². The van der Waals surface area contributed by atoms with Crippen LogP contribution in [0.25, 0.3) is 10.8 Å². The number of benzene rings is 3. The van der Waals surface area contributed by atoms with Crippen molar-refractivity contribution in [2.24, 2.45) is 5.41 Å². The quantitative estimate of drug-likeness (QED) is 0.499. The van der Waals surface area contributed by atoms with E-state index in [0.717, 1.165) is 25.2 Å². The molecule has 0 saturated carbocycles. The van der Waals surface area contributed by atoms with Crippen LogP contribution in [0.15, 0.2) is 60.7 Å². The molecule has 0 unspecified atom stereocenters. The van der Waals surface area contributed by atoms with Gasteiger partial charge in [0.15, 0.2) is 0 Å². The standard InChI is InChI=1S/C26H28N2/c1-26(2,3)14-13-20-9-10-23-19-27(4)15-16-28(25(23)17-20)24-12-11-21-7-5-6-8-22(21)18-24/h5-12,17-18H,15-16,19H2,1-4H3. The molecule has 0 N–H and O–H groups in total. The lowest BCUT2D eigenvalue weighted by molar-refractivity contribution is 0.343. The van der Waals surface area contributed by atoms with E-state index in [9.17, 15) is 0 Å². The zero-order valence-corrected chi connectivity index (χ0v) is 17.3. The van der Waals surface area contributed by atoms with Crippen molar-refractivity contribution in [1.29, 1.82) is 0 Å². The first-order chi connectivity index (χ1) is 13.4. The predicted molar refractivity (Wildman–Crippen MR) is 120 cm³/mol. The van der Waals surface area contributed by atoms with Crippen LogP contribution >= 0.6 is 0 Å². The lowest BCUT2D eigenvalue weighted by Gasteiger charge is -2.25. The molecule has 0 spiro atoms. The van der Waals surface area contributed by atoms with Gasteiger partial charge in [-0.25, -0.2) is 0 Å². The minimum absolute atomic E-state index is 0.00500. The molecule has 2 nitrogen and oxygen atoms in total. The molecule has 0 aromatic heterocycles. The molecule has 1 aliphatic rings. The van der Waals surface area contributed by atoms with Crippen LogP contribution in [-0.4, -0.2) is 25.0 Å². The second-order valence-electron chi connectivity index (χ2n) is 8.76. The fourth-order valence-electron chi connectivity index (χ4n) is 3.66. The molecular formula is C26H28N2. The minimum atomic E-state index is 0.00500. The van der Waals surface area contributed by atoms with Gasteiger partial charge in [0, 0.05) is 42.0 Å². The molecule has 0 fully saturated rings. The SMILES string of the molecule is CN1CCN(c2ccc3ccccc3c2)c2cc(C#CC(C)(C)C)ccc2C1. The number of hydrogen-bond acceptors (Lipinski definition) is 2. The summed E-state index contributed by atoms with van der Waals surface area (Å²) >= 11 is 0. The number of anilines is 2. The Morgan fingerprint density at radius 2 is 1.64 bits per heavy atom.